The number of aliphatic imine (C=N–C) groups is 1. The number of nitrogens with zero attached hydrogens (tertiary/aromatic N) is 4. The van der Waals surface area contributed by atoms with E-state index in [0.717, 1.165) is 38.0 Å². The van der Waals surface area contributed by atoms with Crippen molar-refractivity contribution < 1.29 is 0 Å². The summed E-state index contributed by atoms with van der Waals surface area (Å²) in [5, 5.41) is 3.48. The molecule has 2 rings (SSSR count). The van der Waals surface area contributed by atoms with Crippen LogP contribution >= 0.6 is 0 Å². The van der Waals surface area contributed by atoms with E-state index >= 15 is 0 Å². The van der Waals surface area contributed by atoms with Crippen LogP contribution in [-0.2, 0) is 0 Å². The summed E-state index contributed by atoms with van der Waals surface area (Å²) in [7, 11) is 0. The molecule has 1 aliphatic heterocycles. The molecule has 0 spiro atoms. The first-order chi connectivity index (χ1) is 10.1. The zero-order valence-electron chi connectivity index (χ0n) is 13.6. The Kier molecular flexibility index (Phi) is 5.42. The summed E-state index contributed by atoms with van der Waals surface area (Å²) in [6, 6.07) is 6.78. The van der Waals surface area contributed by atoms with E-state index in [0.29, 0.717) is 12.1 Å². The molecule has 5 nitrogen and oxygen atoms in total. The second-order valence-electron chi connectivity index (χ2n) is 6.01. The lowest BCUT2D eigenvalue weighted by Gasteiger charge is -2.37. The second-order valence-corrected chi connectivity index (χ2v) is 6.01. The molecule has 5 heteroatoms. The van der Waals surface area contributed by atoms with Gasteiger partial charge in [0, 0.05) is 44.5 Å². The fraction of sp³-hybridized carbons (Fsp3) is 0.625. The van der Waals surface area contributed by atoms with E-state index in [1.807, 2.05) is 18.3 Å². The standard InChI is InChI=1S/C16H27N5/c1-13(2)18-16(19-14(3)4)21-11-9-20(10-12-21)15-7-5-6-8-17-15/h5-8,13-14H,9-12H2,1-4H3,(H,18,19). The van der Waals surface area contributed by atoms with Crippen LogP contribution in [0.5, 0.6) is 0 Å². The van der Waals surface area contributed by atoms with Crippen molar-refractivity contribution in [2.75, 3.05) is 31.1 Å². The molecular formula is C16H27N5. The molecule has 0 amide bonds. The van der Waals surface area contributed by atoms with Crippen LogP contribution < -0.4 is 10.2 Å². The van der Waals surface area contributed by atoms with E-state index in [1.165, 1.54) is 0 Å². The zero-order valence-corrected chi connectivity index (χ0v) is 13.6. The largest absolute Gasteiger partial charge is 0.354 e. The lowest BCUT2D eigenvalue weighted by atomic mass is 10.3. The highest BCUT2D eigenvalue weighted by molar-refractivity contribution is 5.80. The van der Waals surface area contributed by atoms with Gasteiger partial charge in [-0.05, 0) is 39.8 Å². The molecule has 2 heterocycles. The Hall–Kier alpha value is -1.78. The minimum atomic E-state index is 0.306. The summed E-state index contributed by atoms with van der Waals surface area (Å²) in [5.74, 6) is 2.09. The lowest BCUT2D eigenvalue weighted by Crippen LogP contribution is -2.54. The number of aromatic nitrogens is 1. The van der Waals surface area contributed by atoms with Crippen LogP contribution in [0.15, 0.2) is 29.4 Å². The van der Waals surface area contributed by atoms with E-state index in [-0.39, 0.29) is 0 Å². The van der Waals surface area contributed by atoms with E-state index in [4.69, 9.17) is 4.99 Å². The van der Waals surface area contributed by atoms with Gasteiger partial charge in [-0.15, -0.1) is 0 Å². The van der Waals surface area contributed by atoms with Gasteiger partial charge >= 0.3 is 0 Å². The number of rotatable bonds is 3. The third-order valence-electron chi connectivity index (χ3n) is 3.35. The fourth-order valence-corrected chi connectivity index (χ4v) is 2.40. The Morgan fingerprint density at radius 2 is 1.86 bits per heavy atom. The van der Waals surface area contributed by atoms with E-state index < -0.39 is 0 Å². The molecule has 0 saturated carbocycles. The molecule has 0 aliphatic carbocycles. The Bertz CT molecular complexity index is 447. The molecule has 0 atom stereocenters. The predicted octanol–water partition coefficient (Wildman–Crippen LogP) is 1.97. The van der Waals surface area contributed by atoms with Crippen LogP contribution in [0.25, 0.3) is 0 Å². The van der Waals surface area contributed by atoms with Gasteiger partial charge < -0.3 is 15.1 Å². The van der Waals surface area contributed by atoms with Gasteiger partial charge in [-0.3, -0.25) is 4.99 Å². The highest BCUT2D eigenvalue weighted by atomic mass is 15.4. The molecule has 1 aliphatic rings. The van der Waals surface area contributed by atoms with E-state index in [1.54, 1.807) is 0 Å². The minimum absolute atomic E-state index is 0.306. The first-order valence-electron chi connectivity index (χ1n) is 7.81. The Labute approximate surface area is 128 Å². The van der Waals surface area contributed by atoms with Crippen LogP contribution in [0, 0.1) is 0 Å². The second kappa shape index (κ2) is 7.29. The van der Waals surface area contributed by atoms with Crippen LogP contribution in [-0.4, -0.2) is 54.1 Å². The molecule has 1 fully saturated rings. The normalized spacial score (nSPS) is 16.8. The lowest BCUT2D eigenvalue weighted by molar-refractivity contribution is 0.366. The molecule has 0 aromatic carbocycles. The molecule has 1 saturated heterocycles. The smallest absolute Gasteiger partial charge is 0.194 e. The number of hydrogen-bond donors (Lipinski definition) is 1. The highest BCUT2D eigenvalue weighted by Crippen LogP contribution is 2.12. The van der Waals surface area contributed by atoms with Crippen molar-refractivity contribution in [1.82, 2.24) is 15.2 Å². The van der Waals surface area contributed by atoms with Crippen molar-refractivity contribution in [2.45, 2.75) is 39.8 Å². The summed E-state index contributed by atoms with van der Waals surface area (Å²) in [6.07, 6.45) is 1.85. The first kappa shape index (κ1) is 15.6. The van der Waals surface area contributed by atoms with Crippen molar-refractivity contribution in [3.8, 4) is 0 Å². The molecule has 0 unspecified atom stereocenters. The maximum absolute atomic E-state index is 4.74. The van der Waals surface area contributed by atoms with Gasteiger partial charge in [-0.25, -0.2) is 4.98 Å². The first-order valence-corrected chi connectivity index (χ1v) is 7.81. The molecule has 0 radical (unpaired) electrons. The zero-order chi connectivity index (χ0) is 15.2. The number of piperazine rings is 1. The number of nitrogens with one attached hydrogen (secondary N) is 1. The van der Waals surface area contributed by atoms with Crippen molar-refractivity contribution in [3.63, 3.8) is 0 Å². The summed E-state index contributed by atoms with van der Waals surface area (Å²) in [4.78, 5) is 13.8. The summed E-state index contributed by atoms with van der Waals surface area (Å²) < 4.78 is 0. The van der Waals surface area contributed by atoms with Crippen molar-refractivity contribution in [3.05, 3.63) is 24.4 Å². The summed E-state index contributed by atoms with van der Waals surface area (Å²) in [5.41, 5.74) is 0. The number of anilines is 1. The SMILES string of the molecule is CC(C)N=C(NC(C)C)N1CCN(c2ccccn2)CC1. The number of pyridine rings is 1. The third kappa shape index (κ3) is 4.62. The number of guanidine groups is 1. The maximum Gasteiger partial charge on any atom is 0.194 e. The summed E-state index contributed by atoms with van der Waals surface area (Å²) >= 11 is 0. The summed E-state index contributed by atoms with van der Waals surface area (Å²) in [6.45, 7) is 12.4. The highest BCUT2D eigenvalue weighted by Gasteiger charge is 2.21. The predicted molar refractivity (Wildman–Crippen MR) is 88.9 cm³/mol. The van der Waals surface area contributed by atoms with Gasteiger partial charge in [0.1, 0.15) is 5.82 Å². The van der Waals surface area contributed by atoms with Crippen molar-refractivity contribution in [2.24, 2.45) is 4.99 Å². The molecule has 116 valence electrons. The fourth-order valence-electron chi connectivity index (χ4n) is 2.40. The third-order valence-corrected chi connectivity index (χ3v) is 3.35. The minimum Gasteiger partial charge on any atom is -0.354 e. The molecular weight excluding hydrogens is 262 g/mol. The van der Waals surface area contributed by atoms with Crippen LogP contribution in [0.3, 0.4) is 0 Å². The Morgan fingerprint density at radius 3 is 2.38 bits per heavy atom. The molecule has 1 N–H and O–H groups in total. The Balaban J connectivity index is 1.98. The quantitative estimate of drug-likeness (QED) is 0.682. The van der Waals surface area contributed by atoms with Gasteiger partial charge in [0.15, 0.2) is 5.96 Å². The topological polar surface area (TPSA) is 43.8 Å². The van der Waals surface area contributed by atoms with Crippen LogP contribution in [0.1, 0.15) is 27.7 Å². The van der Waals surface area contributed by atoms with E-state index in [2.05, 4.69) is 53.9 Å². The monoisotopic (exact) mass is 289 g/mol. The average Bonchev–Trinajstić information content (AvgIpc) is 2.47. The van der Waals surface area contributed by atoms with Crippen molar-refractivity contribution >= 4 is 11.8 Å². The van der Waals surface area contributed by atoms with Gasteiger partial charge in [-0.1, -0.05) is 6.07 Å². The molecule has 21 heavy (non-hydrogen) atoms. The number of hydrogen-bond acceptors (Lipinski definition) is 3. The van der Waals surface area contributed by atoms with Crippen LogP contribution in [0.2, 0.25) is 0 Å². The van der Waals surface area contributed by atoms with Crippen molar-refractivity contribution in [1.29, 1.82) is 0 Å². The van der Waals surface area contributed by atoms with Gasteiger partial charge in [0.05, 0.1) is 0 Å². The van der Waals surface area contributed by atoms with Gasteiger partial charge in [0.2, 0.25) is 0 Å². The average molecular weight is 289 g/mol. The Morgan fingerprint density at radius 1 is 1.14 bits per heavy atom. The maximum atomic E-state index is 4.74. The van der Waals surface area contributed by atoms with Gasteiger partial charge in [0.25, 0.3) is 0 Å². The van der Waals surface area contributed by atoms with Crippen LogP contribution in [0.4, 0.5) is 5.82 Å². The molecule has 1 aromatic heterocycles. The molecule has 0 bridgehead atoms. The van der Waals surface area contributed by atoms with E-state index in [9.17, 15) is 0 Å². The molecule has 1 aromatic rings. The van der Waals surface area contributed by atoms with Gasteiger partial charge in [-0.2, -0.15) is 0 Å².